The Kier molecular flexibility index (Phi) is 4.11. The molecule has 0 spiro atoms. The summed E-state index contributed by atoms with van der Waals surface area (Å²) in [6, 6.07) is 11.3. The third-order valence-electron chi connectivity index (χ3n) is 2.04. The number of nitriles is 1. The van der Waals surface area contributed by atoms with E-state index in [4.69, 9.17) is 10.00 Å². The molecule has 0 aliphatic rings. The first-order valence-electron chi connectivity index (χ1n) is 4.43. The number of benzene rings is 1. The van der Waals surface area contributed by atoms with E-state index in [1.54, 1.807) is 13.2 Å². The second-order valence-electron chi connectivity index (χ2n) is 3.02. The lowest BCUT2D eigenvalue weighted by molar-refractivity contribution is 0.0616. The fraction of sp³-hybridized carbons (Fsp3) is 0.364. The molecule has 0 saturated carbocycles. The van der Waals surface area contributed by atoms with Crippen LogP contribution in [0.4, 0.5) is 0 Å². The third-order valence-corrected chi connectivity index (χ3v) is 2.04. The monoisotopic (exact) mass is 191 g/mol. The Labute approximate surface area is 83.6 Å². The summed E-state index contributed by atoms with van der Waals surface area (Å²) in [5, 5.41) is 17.7. The molecule has 0 unspecified atom stereocenters. The van der Waals surface area contributed by atoms with Gasteiger partial charge in [-0.05, 0) is 5.56 Å². The topological polar surface area (TPSA) is 53.2 Å². The first kappa shape index (κ1) is 10.7. The molecule has 0 heterocycles. The van der Waals surface area contributed by atoms with E-state index in [1.807, 2.05) is 30.3 Å². The van der Waals surface area contributed by atoms with Crippen LogP contribution >= 0.6 is 0 Å². The summed E-state index contributed by atoms with van der Waals surface area (Å²) in [4.78, 5) is 0. The van der Waals surface area contributed by atoms with Crippen LogP contribution < -0.4 is 0 Å². The maximum Gasteiger partial charge on any atom is 0.143 e. The highest BCUT2D eigenvalue weighted by atomic mass is 16.5. The second kappa shape index (κ2) is 5.38. The van der Waals surface area contributed by atoms with Gasteiger partial charge >= 0.3 is 0 Å². The van der Waals surface area contributed by atoms with E-state index in [0.717, 1.165) is 5.56 Å². The zero-order valence-electron chi connectivity index (χ0n) is 8.05. The van der Waals surface area contributed by atoms with Gasteiger partial charge in [0.05, 0.1) is 12.2 Å². The summed E-state index contributed by atoms with van der Waals surface area (Å²) in [7, 11) is 1.57. The molecule has 0 amide bonds. The van der Waals surface area contributed by atoms with E-state index in [2.05, 4.69) is 0 Å². The minimum absolute atomic E-state index is 0.217. The maximum absolute atomic E-state index is 9.18. The number of rotatable bonds is 4. The fourth-order valence-electron chi connectivity index (χ4n) is 1.29. The summed E-state index contributed by atoms with van der Waals surface area (Å²) in [5.41, 5.74) is 0.976. The maximum atomic E-state index is 9.18. The van der Waals surface area contributed by atoms with Crippen LogP contribution in [-0.2, 0) is 4.74 Å². The molecule has 0 saturated heterocycles. The van der Waals surface area contributed by atoms with Crippen molar-refractivity contribution in [2.45, 2.75) is 18.6 Å². The molecule has 1 rings (SSSR count). The molecule has 0 aliphatic heterocycles. The van der Waals surface area contributed by atoms with Crippen LogP contribution in [-0.4, -0.2) is 18.3 Å². The lowest BCUT2D eigenvalue weighted by Gasteiger charge is -2.15. The average molecular weight is 191 g/mol. The highest BCUT2D eigenvalue weighted by Crippen LogP contribution is 2.21. The molecule has 14 heavy (non-hydrogen) atoms. The number of hydrogen-bond donors (Lipinski definition) is 1. The van der Waals surface area contributed by atoms with Crippen molar-refractivity contribution in [2.24, 2.45) is 0 Å². The molecule has 0 fully saturated rings. The number of ether oxygens (including phenoxy) is 1. The second-order valence-corrected chi connectivity index (χ2v) is 3.02. The van der Waals surface area contributed by atoms with Crippen molar-refractivity contribution in [3.05, 3.63) is 35.9 Å². The number of hydrogen-bond acceptors (Lipinski definition) is 3. The molecule has 1 N–H and O–H groups in total. The van der Waals surface area contributed by atoms with Crippen LogP contribution in [0.25, 0.3) is 0 Å². The number of aliphatic hydroxyl groups excluding tert-OH is 1. The zero-order chi connectivity index (χ0) is 10.4. The SMILES string of the molecule is CO[C@@H](C[C@@H](O)C#N)c1ccccc1. The molecule has 3 nitrogen and oxygen atoms in total. The van der Waals surface area contributed by atoms with Gasteiger partial charge in [-0.1, -0.05) is 30.3 Å². The third kappa shape index (κ3) is 2.84. The van der Waals surface area contributed by atoms with Gasteiger partial charge in [0.25, 0.3) is 0 Å². The molecule has 0 aliphatic carbocycles. The van der Waals surface area contributed by atoms with Crippen LogP contribution in [0.15, 0.2) is 30.3 Å². The van der Waals surface area contributed by atoms with Crippen molar-refractivity contribution in [2.75, 3.05) is 7.11 Å². The van der Waals surface area contributed by atoms with Gasteiger partial charge in [0.1, 0.15) is 6.10 Å². The Morgan fingerprint density at radius 3 is 2.57 bits per heavy atom. The standard InChI is InChI=1S/C11H13NO2/c1-14-11(7-10(13)8-12)9-5-3-2-4-6-9/h2-6,10-11,13H,7H2,1H3/t10-,11+/m1/s1. The number of nitrogens with zero attached hydrogens (tertiary/aromatic N) is 1. The van der Waals surface area contributed by atoms with Gasteiger partial charge in [-0.2, -0.15) is 5.26 Å². The van der Waals surface area contributed by atoms with Gasteiger partial charge in [0.15, 0.2) is 0 Å². The zero-order valence-corrected chi connectivity index (χ0v) is 8.05. The predicted molar refractivity (Wildman–Crippen MR) is 52.4 cm³/mol. The minimum Gasteiger partial charge on any atom is -0.378 e. The molecule has 1 aromatic carbocycles. The van der Waals surface area contributed by atoms with Crippen LogP contribution in [0.3, 0.4) is 0 Å². The van der Waals surface area contributed by atoms with Gasteiger partial charge in [0.2, 0.25) is 0 Å². The van der Waals surface area contributed by atoms with Gasteiger partial charge < -0.3 is 9.84 Å². The van der Waals surface area contributed by atoms with E-state index >= 15 is 0 Å². The van der Waals surface area contributed by atoms with Crippen molar-refractivity contribution in [1.82, 2.24) is 0 Å². The highest BCUT2D eigenvalue weighted by molar-refractivity contribution is 5.18. The summed E-state index contributed by atoms with van der Waals surface area (Å²) in [6.07, 6.45) is -0.886. The Morgan fingerprint density at radius 1 is 1.43 bits per heavy atom. The molecule has 0 aromatic heterocycles. The highest BCUT2D eigenvalue weighted by Gasteiger charge is 2.14. The van der Waals surface area contributed by atoms with Crippen LogP contribution in [0.2, 0.25) is 0 Å². The van der Waals surface area contributed by atoms with Crippen molar-refractivity contribution in [3.63, 3.8) is 0 Å². The van der Waals surface area contributed by atoms with Gasteiger partial charge in [-0.3, -0.25) is 0 Å². The van der Waals surface area contributed by atoms with Crippen molar-refractivity contribution in [3.8, 4) is 6.07 Å². The molecular formula is C11H13NO2. The summed E-state index contributed by atoms with van der Waals surface area (Å²) >= 11 is 0. The van der Waals surface area contributed by atoms with E-state index in [0.29, 0.717) is 6.42 Å². The van der Waals surface area contributed by atoms with E-state index in [1.165, 1.54) is 0 Å². The van der Waals surface area contributed by atoms with Crippen molar-refractivity contribution < 1.29 is 9.84 Å². The van der Waals surface area contributed by atoms with Crippen LogP contribution in [0.5, 0.6) is 0 Å². The first-order valence-corrected chi connectivity index (χ1v) is 4.43. The number of aliphatic hydroxyl groups is 1. The lowest BCUT2D eigenvalue weighted by atomic mass is 10.0. The van der Waals surface area contributed by atoms with E-state index < -0.39 is 6.10 Å². The minimum atomic E-state index is -0.972. The largest absolute Gasteiger partial charge is 0.378 e. The first-order chi connectivity index (χ1) is 6.77. The molecule has 0 bridgehead atoms. The van der Waals surface area contributed by atoms with Gasteiger partial charge in [0, 0.05) is 13.5 Å². The van der Waals surface area contributed by atoms with Crippen molar-refractivity contribution >= 4 is 0 Å². The molecule has 0 radical (unpaired) electrons. The summed E-state index contributed by atoms with van der Waals surface area (Å²) < 4.78 is 5.20. The van der Waals surface area contributed by atoms with Crippen LogP contribution in [0.1, 0.15) is 18.1 Å². The molecular weight excluding hydrogens is 178 g/mol. The average Bonchev–Trinajstić information content (AvgIpc) is 2.26. The normalized spacial score (nSPS) is 14.4. The molecule has 74 valence electrons. The molecule has 3 heteroatoms. The molecule has 2 atom stereocenters. The lowest BCUT2D eigenvalue weighted by Crippen LogP contribution is -2.11. The van der Waals surface area contributed by atoms with E-state index in [9.17, 15) is 5.11 Å². The molecule has 1 aromatic rings. The quantitative estimate of drug-likeness (QED) is 0.736. The van der Waals surface area contributed by atoms with E-state index in [-0.39, 0.29) is 6.10 Å². The summed E-state index contributed by atoms with van der Waals surface area (Å²) in [6.45, 7) is 0. The number of methoxy groups -OCH3 is 1. The Bertz CT molecular complexity index is 305. The fourth-order valence-corrected chi connectivity index (χ4v) is 1.29. The Balaban J connectivity index is 2.69. The summed E-state index contributed by atoms with van der Waals surface area (Å²) in [5.74, 6) is 0. The Hall–Kier alpha value is -1.37. The van der Waals surface area contributed by atoms with Gasteiger partial charge in [-0.15, -0.1) is 0 Å². The predicted octanol–water partition coefficient (Wildman–Crippen LogP) is 1.65. The smallest absolute Gasteiger partial charge is 0.143 e. The van der Waals surface area contributed by atoms with Crippen LogP contribution in [0, 0.1) is 11.3 Å². The Morgan fingerprint density at radius 2 is 2.07 bits per heavy atom. The van der Waals surface area contributed by atoms with Crippen molar-refractivity contribution in [1.29, 1.82) is 5.26 Å². The van der Waals surface area contributed by atoms with Gasteiger partial charge in [-0.25, -0.2) is 0 Å².